The van der Waals surface area contributed by atoms with Gasteiger partial charge in [0, 0.05) is 25.1 Å². The molecule has 0 spiro atoms. The highest BCUT2D eigenvalue weighted by Crippen LogP contribution is 2.18. The van der Waals surface area contributed by atoms with Gasteiger partial charge in [-0.05, 0) is 55.1 Å². The van der Waals surface area contributed by atoms with Crippen LogP contribution in [0.25, 0.3) is 22.6 Å². The first-order valence-corrected chi connectivity index (χ1v) is 11.3. The number of rotatable bonds is 10. The molecule has 174 valence electrons. The van der Waals surface area contributed by atoms with Crippen LogP contribution in [-0.4, -0.2) is 29.2 Å². The van der Waals surface area contributed by atoms with Crippen molar-refractivity contribution in [3.05, 3.63) is 62.0 Å². The van der Waals surface area contributed by atoms with Crippen molar-refractivity contribution in [2.75, 3.05) is 0 Å². The predicted molar refractivity (Wildman–Crippen MR) is 122 cm³/mol. The van der Waals surface area contributed by atoms with Gasteiger partial charge in [0.05, 0.1) is 0 Å². The van der Waals surface area contributed by atoms with Crippen LogP contribution in [0.3, 0.4) is 0 Å². The van der Waals surface area contributed by atoms with Gasteiger partial charge in [-0.2, -0.15) is 9.97 Å². The highest BCUT2D eigenvalue weighted by molar-refractivity contribution is 6.28. The van der Waals surface area contributed by atoms with Crippen LogP contribution in [0, 0.1) is 5.82 Å². The van der Waals surface area contributed by atoms with E-state index in [-0.39, 0.29) is 28.9 Å². The fraction of sp³-hybridized carbons (Fsp3) is 0.409. The number of hydrogen-bond acceptors (Lipinski definition) is 6. The molecular formula is C22H24ClFN6O3. The first-order valence-electron chi connectivity index (χ1n) is 10.9. The topological polar surface area (TPSA) is 112 Å². The first-order chi connectivity index (χ1) is 16.0. The Kier molecular flexibility index (Phi) is 7.02. The number of nitrogens with one attached hydrogen (secondary N) is 1. The average molecular weight is 475 g/mol. The Bertz CT molecular complexity index is 1360. The summed E-state index contributed by atoms with van der Waals surface area (Å²) in [7, 11) is 0. The molecule has 0 radical (unpaired) electrons. The summed E-state index contributed by atoms with van der Waals surface area (Å²) in [6, 6.07) is 5.80. The minimum Gasteiger partial charge on any atom is -0.334 e. The normalized spacial score (nSPS) is 11.5. The number of unbranched alkanes of at least 4 members (excludes halogenated alkanes) is 3. The van der Waals surface area contributed by atoms with Crippen molar-refractivity contribution >= 4 is 22.8 Å². The molecular weight excluding hydrogens is 451 g/mol. The van der Waals surface area contributed by atoms with Gasteiger partial charge >= 0.3 is 5.69 Å². The standard InChI is InChI=1S/C22H24ClFN6O3/c1-2-3-5-12-29-18-17(26-21(23)27-18)20(31)30(22(29)32)13-6-4-7-16-25-19(33-28-16)14-8-10-15(24)11-9-14/h8-11H,2-7,12-13H2,1H3,(H,26,27). The molecule has 0 saturated heterocycles. The number of halogens is 2. The van der Waals surface area contributed by atoms with E-state index >= 15 is 0 Å². The number of nitrogens with zero attached hydrogens (tertiary/aromatic N) is 5. The minimum absolute atomic E-state index is 0.0811. The van der Waals surface area contributed by atoms with Crippen LogP contribution in [0.1, 0.15) is 44.9 Å². The molecule has 0 bridgehead atoms. The van der Waals surface area contributed by atoms with Gasteiger partial charge in [-0.25, -0.2) is 9.18 Å². The van der Waals surface area contributed by atoms with Gasteiger partial charge in [0.1, 0.15) is 5.82 Å². The summed E-state index contributed by atoms with van der Waals surface area (Å²) in [6.45, 7) is 2.80. The number of aromatic nitrogens is 6. The molecule has 0 amide bonds. The predicted octanol–water partition coefficient (Wildman–Crippen LogP) is 3.94. The fourth-order valence-electron chi connectivity index (χ4n) is 3.68. The van der Waals surface area contributed by atoms with Gasteiger partial charge in [0.25, 0.3) is 11.4 Å². The molecule has 1 N–H and O–H groups in total. The zero-order valence-electron chi connectivity index (χ0n) is 18.2. The number of hydrogen-bond donors (Lipinski definition) is 1. The lowest BCUT2D eigenvalue weighted by Crippen LogP contribution is -2.40. The lowest BCUT2D eigenvalue weighted by Gasteiger charge is -2.11. The van der Waals surface area contributed by atoms with Crippen LogP contribution in [-0.2, 0) is 19.5 Å². The second-order valence-corrected chi connectivity index (χ2v) is 8.16. The Balaban J connectivity index is 1.44. The van der Waals surface area contributed by atoms with Crippen LogP contribution in [0.4, 0.5) is 4.39 Å². The summed E-state index contributed by atoms with van der Waals surface area (Å²) in [5.41, 5.74) is 0.349. The molecule has 0 saturated carbocycles. The lowest BCUT2D eigenvalue weighted by molar-refractivity contribution is 0.420. The van der Waals surface area contributed by atoms with Crippen molar-refractivity contribution in [3.63, 3.8) is 0 Å². The van der Waals surface area contributed by atoms with E-state index in [9.17, 15) is 14.0 Å². The van der Waals surface area contributed by atoms with E-state index in [1.54, 1.807) is 12.1 Å². The monoisotopic (exact) mass is 474 g/mol. The zero-order chi connectivity index (χ0) is 23.4. The van der Waals surface area contributed by atoms with E-state index < -0.39 is 5.56 Å². The quantitative estimate of drug-likeness (QED) is 0.275. The van der Waals surface area contributed by atoms with Crippen LogP contribution >= 0.6 is 11.6 Å². The molecule has 4 rings (SSSR count). The minimum atomic E-state index is -0.431. The highest BCUT2D eigenvalue weighted by atomic mass is 35.5. The number of aromatic amines is 1. The van der Waals surface area contributed by atoms with E-state index in [1.165, 1.54) is 21.3 Å². The van der Waals surface area contributed by atoms with Crippen LogP contribution in [0.2, 0.25) is 5.28 Å². The summed E-state index contributed by atoms with van der Waals surface area (Å²) in [5, 5.41) is 4.03. The molecule has 0 aliphatic carbocycles. The Labute approximate surface area is 193 Å². The molecule has 0 unspecified atom stereocenters. The molecule has 11 heteroatoms. The van der Waals surface area contributed by atoms with Crippen molar-refractivity contribution < 1.29 is 8.91 Å². The Morgan fingerprint density at radius 2 is 1.76 bits per heavy atom. The molecule has 1 aromatic carbocycles. The van der Waals surface area contributed by atoms with E-state index in [0.717, 1.165) is 19.3 Å². The van der Waals surface area contributed by atoms with Crippen LogP contribution in [0.5, 0.6) is 0 Å². The maximum Gasteiger partial charge on any atom is 0.332 e. The van der Waals surface area contributed by atoms with Gasteiger partial charge in [-0.1, -0.05) is 24.9 Å². The number of aryl methyl sites for hydroxylation is 2. The maximum atomic E-state index is 13.1. The zero-order valence-corrected chi connectivity index (χ0v) is 18.9. The Morgan fingerprint density at radius 3 is 2.52 bits per heavy atom. The number of H-pyrrole nitrogens is 1. The smallest absolute Gasteiger partial charge is 0.332 e. The molecule has 9 nitrogen and oxygen atoms in total. The third-order valence-corrected chi connectivity index (χ3v) is 5.59. The van der Waals surface area contributed by atoms with Crippen molar-refractivity contribution in [2.45, 2.75) is 58.5 Å². The molecule has 33 heavy (non-hydrogen) atoms. The van der Waals surface area contributed by atoms with Crippen molar-refractivity contribution in [1.82, 2.24) is 29.2 Å². The molecule has 0 fully saturated rings. The van der Waals surface area contributed by atoms with Crippen LogP contribution in [0.15, 0.2) is 38.4 Å². The Hall–Kier alpha value is -3.27. The maximum absolute atomic E-state index is 13.1. The highest BCUT2D eigenvalue weighted by Gasteiger charge is 2.17. The number of fused-ring (bicyclic) bond motifs is 1. The fourth-order valence-corrected chi connectivity index (χ4v) is 3.85. The molecule has 3 heterocycles. The van der Waals surface area contributed by atoms with Gasteiger partial charge in [-0.3, -0.25) is 13.9 Å². The molecule has 0 aliphatic rings. The van der Waals surface area contributed by atoms with Gasteiger partial charge in [-0.15, -0.1) is 0 Å². The van der Waals surface area contributed by atoms with Crippen molar-refractivity contribution in [3.8, 4) is 11.5 Å². The Morgan fingerprint density at radius 1 is 1.03 bits per heavy atom. The summed E-state index contributed by atoms with van der Waals surface area (Å²) < 4.78 is 21.1. The first kappa shape index (κ1) is 22.9. The third-order valence-electron chi connectivity index (χ3n) is 5.41. The van der Waals surface area contributed by atoms with Crippen molar-refractivity contribution in [2.24, 2.45) is 0 Å². The van der Waals surface area contributed by atoms with E-state index in [2.05, 4.69) is 27.0 Å². The summed E-state index contributed by atoms with van der Waals surface area (Å²) >= 11 is 5.97. The molecule has 4 aromatic rings. The van der Waals surface area contributed by atoms with E-state index in [1.807, 2.05) is 0 Å². The molecule has 0 aliphatic heterocycles. The van der Waals surface area contributed by atoms with Gasteiger partial charge in [0.2, 0.25) is 5.28 Å². The van der Waals surface area contributed by atoms with E-state index in [0.29, 0.717) is 48.7 Å². The third kappa shape index (κ3) is 5.05. The van der Waals surface area contributed by atoms with Crippen molar-refractivity contribution in [1.29, 1.82) is 0 Å². The second kappa shape index (κ2) is 10.1. The summed E-state index contributed by atoms with van der Waals surface area (Å²) in [6.07, 6.45) is 4.52. The number of benzene rings is 1. The largest absolute Gasteiger partial charge is 0.334 e. The summed E-state index contributed by atoms with van der Waals surface area (Å²) in [4.78, 5) is 37.1. The lowest BCUT2D eigenvalue weighted by atomic mass is 10.2. The molecule has 0 atom stereocenters. The SMILES string of the molecule is CCCCCn1c(=O)n(CCCCc2noc(-c3ccc(F)cc3)n2)c(=O)c2[nH]c(Cl)nc21. The average Bonchev–Trinajstić information content (AvgIpc) is 3.43. The van der Waals surface area contributed by atoms with Gasteiger partial charge < -0.3 is 9.51 Å². The van der Waals surface area contributed by atoms with Gasteiger partial charge in [0.15, 0.2) is 17.0 Å². The molecule has 3 aromatic heterocycles. The number of imidazole rings is 1. The van der Waals surface area contributed by atoms with E-state index in [4.69, 9.17) is 16.1 Å². The summed E-state index contributed by atoms with van der Waals surface area (Å²) in [5.74, 6) is 0.487. The second-order valence-electron chi connectivity index (χ2n) is 7.80. The van der Waals surface area contributed by atoms with Crippen LogP contribution < -0.4 is 11.2 Å².